The maximum atomic E-state index is 11.4. The number of aromatic nitrogens is 2. The van der Waals surface area contributed by atoms with Gasteiger partial charge >= 0.3 is 11.7 Å². The van der Waals surface area contributed by atoms with Crippen molar-refractivity contribution in [1.82, 2.24) is 9.55 Å². The van der Waals surface area contributed by atoms with Crippen LogP contribution in [0.5, 0.6) is 0 Å². The Morgan fingerprint density at radius 1 is 1.56 bits per heavy atom. The number of nitrogens with two attached hydrogens (primary N) is 1. The van der Waals surface area contributed by atoms with Crippen LogP contribution in [0.4, 0.5) is 0 Å². The largest absolute Gasteiger partial charge is 0.480 e. The molecule has 0 amide bonds. The van der Waals surface area contributed by atoms with E-state index in [0.717, 1.165) is 16.6 Å². The highest BCUT2D eigenvalue weighted by Gasteiger charge is 2.13. The number of H-pyrrole nitrogens is 1. The molecular formula is C11H14ClN3O3. The number of fused-ring (bicyclic) bond motifs is 1. The van der Waals surface area contributed by atoms with Crippen LogP contribution in [-0.2, 0) is 18.3 Å². The number of aryl methyl sites for hydroxylation is 1. The van der Waals surface area contributed by atoms with E-state index in [9.17, 15) is 9.59 Å². The molecular weight excluding hydrogens is 258 g/mol. The summed E-state index contributed by atoms with van der Waals surface area (Å²) in [4.78, 5) is 24.7. The van der Waals surface area contributed by atoms with E-state index in [1.807, 2.05) is 0 Å². The third-order valence-electron chi connectivity index (χ3n) is 2.74. The van der Waals surface area contributed by atoms with E-state index in [4.69, 9.17) is 10.8 Å². The first-order valence-electron chi connectivity index (χ1n) is 5.15. The number of carboxylic acid groups (broad SMARTS) is 1. The van der Waals surface area contributed by atoms with Crippen LogP contribution in [0.2, 0.25) is 0 Å². The summed E-state index contributed by atoms with van der Waals surface area (Å²) >= 11 is 0. The van der Waals surface area contributed by atoms with Crippen molar-refractivity contribution in [2.24, 2.45) is 12.8 Å². The van der Waals surface area contributed by atoms with Crippen molar-refractivity contribution in [3.63, 3.8) is 0 Å². The minimum absolute atomic E-state index is 0. The molecule has 1 unspecified atom stereocenters. The van der Waals surface area contributed by atoms with Gasteiger partial charge in [-0.15, -0.1) is 12.4 Å². The molecule has 2 aromatic rings. The number of aliphatic carboxylic acids is 1. The number of nitrogens with one attached hydrogen (secondary N) is 1. The van der Waals surface area contributed by atoms with Gasteiger partial charge in [0.25, 0.3) is 0 Å². The SMILES string of the molecule is Cl.Cn1c(=O)[nH]c2ccc(CC(N)C(=O)O)cc21. The standard InChI is InChI=1S/C11H13N3O3.ClH/c1-14-9-5-6(4-7(12)10(15)16)2-3-8(9)13-11(14)17;/h2-3,5,7H,4,12H2,1H3,(H,13,17)(H,15,16);1H. The van der Waals surface area contributed by atoms with Crippen molar-refractivity contribution in [3.8, 4) is 0 Å². The Morgan fingerprint density at radius 3 is 2.83 bits per heavy atom. The van der Waals surface area contributed by atoms with Gasteiger partial charge in [-0.1, -0.05) is 6.07 Å². The van der Waals surface area contributed by atoms with Crippen molar-refractivity contribution in [3.05, 3.63) is 34.2 Å². The second-order valence-corrected chi connectivity index (χ2v) is 3.99. The molecule has 0 saturated carbocycles. The molecule has 2 rings (SSSR count). The van der Waals surface area contributed by atoms with Crippen LogP contribution < -0.4 is 11.4 Å². The number of benzene rings is 1. The van der Waals surface area contributed by atoms with Crippen LogP contribution in [0.1, 0.15) is 5.56 Å². The molecule has 1 aromatic carbocycles. The fourth-order valence-electron chi connectivity index (χ4n) is 1.74. The number of nitrogens with zero attached hydrogens (tertiary/aromatic N) is 1. The van der Waals surface area contributed by atoms with E-state index in [2.05, 4.69) is 4.98 Å². The summed E-state index contributed by atoms with van der Waals surface area (Å²) in [6.07, 6.45) is 0.241. The molecule has 0 aliphatic heterocycles. The molecule has 6 nitrogen and oxygen atoms in total. The number of carboxylic acids is 1. The molecule has 18 heavy (non-hydrogen) atoms. The van der Waals surface area contributed by atoms with E-state index in [-0.39, 0.29) is 24.5 Å². The lowest BCUT2D eigenvalue weighted by molar-refractivity contribution is -0.138. The van der Waals surface area contributed by atoms with Crippen molar-refractivity contribution >= 4 is 29.4 Å². The number of rotatable bonds is 3. The first-order valence-corrected chi connectivity index (χ1v) is 5.15. The summed E-state index contributed by atoms with van der Waals surface area (Å²) in [5.74, 6) is -1.03. The molecule has 98 valence electrons. The lowest BCUT2D eigenvalue weighted by atomic mass is 10.1. The number of hydrogen-bond acceptors (Lipinski definition) is 3. The van der Waals surface area contributed by atoms with E-state index in [1.165, 1.54) is 4.57 Å². The molecule has 0 fully saturated rings. The maximum absolute atomic E-state index is 11.4. The summed E-state index contributed by atoms with van der Waals surface area (Å²) in [7, 11) is 1.65. The number of halogens is 1. The highest BCUT2D eigenvalue weighted by molar-refractivity contribution is 5.85. The number of carbonyl (C=O) groups is 1. The Bertz CT molecular complexity index is 632. The molecule has 0 saturated heterocycles. The third kappa shape index (κ3) is 2.55. The Labute approximate surface area is 109 Å². The molecule has 0 aliphatic carbocycles. The zero-order valence-corrected chi connectivity index (χ0v) is 10.5. The average Bonchev–Trinajstić information content (AvgIpc) is 2.55. The molecule has 0 aliphatic rings. The van der Waals surface area contributed by atoms with Gasteiger partial charge in [-0.25, -0.2) is 4.79 Å². The fraction of sp³-hybridized carbons (Fsp3) is 0.273. The highest BCUT2D eigenvalue weighted by Crippen LogP contribution is 2.13. The molecule has 0 spiro atoms. The maximum Gasteiger partial charge on any atom is 0.326 e. The van der Waals surface area contributed by atoms with E-state index < -0.39 is 12.0 Å². The summed E-state index contributed by atoms with van der Waals surface area (Å²) in [6.45, 7) is 0. The second-order valence-electron chi connectivity index (χ2n) is 3.99. The summed E-state index contributed by atoms with van der Waals surface area (Å²) < 4.78 is 1.48. The van der Waals surface area contributed by atoms with Gasteiger partial charge in [0.2, 0.25) is 0 Å². The van der Waals surface area contributed by atoms with Gasteiger partial charge in [-0.2, -0.15) is 0 Å². The Balaban J connectivity index is 0.00000162. The van der Waals surface area contributed by atoms with Crippen LogP contribution in [0.25, 0.3) is 11.0 Å². The van der Waals surface area contributed by atoms with Crippen LogP contribution in [0, 0.1) is 0 Å². The Kier molecular flexibility index (Phi) is 4.15. The first-order chi connectivity index (χ1) is 7.99. The lowest BCUT2D eigenvalue weighted by Gasteiger charge is -2.06. The zero-order chi connectivity index (χ0) is 12.6. The van der Waals surface area contributed by atoms with Gasteiger partial charge in [0.05, 0.1) is 11.0 Å². The minimum atomic E-state index is -1.03. The van der Waals surface area contributed by atoms with Gasteiger partial charge < -0.3 is 15.8 Å². The van der Waals surface area contributed by atoms with E-state index in [1.54, 1.807) is 25.2 Å². The predicted octanol–water partition coefficient (Wildman–Crippen LogP) is 0.243. The molecule has 0 bridgehead atoms. The quantitative estimate of drug-likeness (QED) is 0.744. The smallest absolute Gasteiger partial charge is 0.326 e. The highest BCUT2D eigenvalue weighted by atomic mass is 35.5. The third-order valence-corrected chi connectivity index (χ3v) is 2.74. The van der Waals surface area contributed by atoms with Crippen LogP contribution >= 0.6 is 12.4 Å². The van der Waals surface area contributed by atoms with Gasteiger partial charge in [0.15, 0.2) is 0 Å². The Morgan fingerprint density at radius 2 is 2.22 bits per heavy atom. The monoisotopic (exact) mass is 271 g/mol. The summed E-state index contributed by atoms with van der Waals surface area (Å²) in [5.41, 5.74) is 7.53. The normalized spacial score (nSPS) is 12.1. The van der Waals surface area contributed by atoms with E-state index in [0.29, 0.717) is 0 Å². The first kappa shape index (κ1) is 14.3. The van der Waals surface area contributed by atoms with Crippen molar-refractivity contribution in [1.29, 1.82) is 0 Å². The molecule has 1 heterocycles. The van der Waals surface area contributed by atoms with E-state index >= 15 is 0 Å². The zero-order valence-electron chi connectivity index (χ0n) is 9.71. The second kappa shape index (κ2) is 5.24. The van der Waals surface area contributed by atoms with Crippen LogP contribution in [0.15, 0.2) is 23.0 Å². The van der Waals surface area contributed by atoms with Crippen molar-refractivity contribution in [2.45, 2.75) is 12.5 Å². The fourth-order valence-corrected chi connectivity index (χ4v) is 1.74. The number of imidazole rings is 1. The van der Waals surface area contributed by atoms with Gasteiger partial charge in [0.1, 0.15) is 6.04 Å². The average molecular weight is 272 g/mol. The molecule has 4 N–H and O–H groups in total. The topological polar surface area (TPSA) is 101 Å². The predicted molar refractivity (Wildman–Crippen MR) is 70.1 cm³/mol. The minimum Gasteiger partial charge on any atom is -0.480 e. The lowest BCUT2D eigenvalue weighted by Crippen LogP contribution is -2.32. The molecule has 1 atom stereocenters. The molecule has 7 heteroatoms. The van der Waals surface area contributed by atoms with Crippen molar-refractivity contribution < 1.29 is 9.90 Å². The number of aromatic amines is 1. The van der Waals surface area contributed by atoms with Crippen LogP contribution in [-0.4, -0.2) is 26.7 Å². The van der Waals surface area contributed by atoms with Gasteiger partial charge in [-0.05, 0) is 24.1 Å². The summed E-state index contributed by atoms with van der Waals surface area (Å²) in [5, 5.41) is 8.73. The van der Waals surface area contributed by atoms with Crippen LogP contribution in [0.3, 0.4) is 0 Å². The summed E-state index contributed by atoms with van der Waals surface area (Å²) in [6, 6.07) is 4.36. The van der Waals surface area contributed by atoms with Crippen molar-refractivity contribution in [2.75, 3.05) is 0 Å². The molecule has 1 aromatic heterocycles. The number of hydrogen-bond donors (Lipinski definition) is 3. The Hall–Kier alpha value is -1.79. The van der Waals surface area contributed by atoms with Gasteiger partial charge in [0, 0.05) is 7.05 Å². The van der Waals surface area contributed by atoms with Gasteiger partial charge in [-0.3, -0.25) is 9.36 Å². The molecule has 0 radical (unpaired) electrons.